The number of carboxylic acid groups (broad SMARTS) is 1. The average molecular weight is 1570 g/mol. The first-order valence-corrected chi connectivity index (χ1v) is 36.2. The number of anilines is 3. The third-order valence-electron chi connectivity index (χ3n) is 20.4. The number of carbonyl (C=O) groups excluding carboxylic acids is 5. The predicted octanol–water partition coefficient (Wildman–Crippen LogP) is 7.70. The Balaban J connectivity index is 0.000000180. The number of fused-ring (bicyclic) bond motifs is 3. The number of nitrogens with one attached hydrogen (secondary N) is 4. The Labute approximate surface area is 653 Å². The molecule has 0 aliphatic carbocycles. The van der Waals surface area contributed by atoms with Gasteiger partial charge in [0.25, 0.3) is 29.5 Å². The highest BCUT2D eigenvalue weighted by Crippen LogP contribution is 2.37. The van der Waals surface area contributed by atoms with Crippen LogP contribution in [0.1, 0.15) is 105 Å². The maximum Gasteiger partial charge on any atom is 0.336 e. The van der Waals surface area contributed by atoms with E-state index >= 15 is 0 Å². The fourth-order valence-corrected chi connectivity index (χ4v) is 14.5. The molecule has 3 aromatic heterocycles. The maximum absolute atomic E-state index is 13.5. The van der Waals surface area contributed by atoms with E-state index in [1.807, 2.05) is 40.4 Å². The van der Waals surface area contributed by atoms with Crippen molar-refractivity contribution in [2.45, 2.75) is 154 Å². The van der Waals surface area contributed by atoms with Gasteiger partial charge in [0.15, 0.2) is 48.2 Å². The van der Waals surface area contributed by atoms with Crippen molar-refractivity contribution in [1.82, 2.24) is 46.0 Å². The molecule has 0 radical (unpaired) electrons. The molecule has 7 N–H and O–H groups in total. The first-order valence-electron chi connectivity index (χ1n) is 36.2. The third kappa shape index (κ3) is 21.5. The zero-order valence-electron chi connectivity index (χ0n) is 61.7. The van der Waals surface area contributed by atoms with Gasteiger partial charge >= 0.3 is 5.97 Å². The van der Waals surface area contributed by atoms with Gasteiger partial charge in [-0.1, -0.05) is 6.07 Å². The molecule has 28 nitrogen and oxygen atoms in total. The van der Waals surface area contributed by atoms with Gasteiger partial charge in [-0.3, -0.25) is 38.9 Å². The molecule has 111 heavy (non-hydrogen) atoms. The van der Waals surface area contributed by atoms with E-state index in [2.05, 4.69) is 56.9 Å². The number of ether oxygens (including phenoxy) is 4. The second-order valence-electron chi connectivity index (χ2n) is 28.9. The number of nitrogens with zero attached hydrogens (tertiary/aromatic N) is 11. The van der Waals surface area contributed by atoms with Crippen LogP contribution < -0.4 is 36.0 Å². The van der Waals surface area contributed by atoms with Crippen LogP contribution in [0.15, 0.2) is 110 Å². The molecule has 0 bridgehead atoms. The highest BCUT2D eigenvalue weighted by atomic mass is 35.5. The number of carboxylic acids is 1. The average Bonchev–Trinajstić information content (AvgIpc) is 1.67. The van der Waals surface area contributed by atoms with Gasteiger partial charge < -0.3 is 80.0 Å². The molecule has 33 heteroatoms. The van der Waals surface area contributed by atoms with E-state index in [-0.39, 0.29) is 85.3 Å². The molecule has 5 amide bonds. The van der Waals surface area contributed by atoms with Crippen LogP contribution in [-0.4, -0.2) is 183 Å². The number of aliphatic hydroxyl groups is 2. The first kappa shape index (κ1) is 84.9. The molecule has 6 aromatic rings. The molecule has 3 aromatic carbocycles. The van der Waals surface area contributed by atoms with Gasteiger partial charge in [0.1, 0.15) is 23.5 Å². The summed E-state index contributed by atoms with van der Waals surface area (Å²) >= 11 is 0. The number of hydrogen-bond donors (Lipinski definition) is 7. The number of halogens is 5. The van der Waals surface area contributed by atoms with Crippen molar-refractivity contribution in [3.63, 3.8) is 0 Å². The molecule has 8 aliphatic rings. The van der Waals surface area contributed by atoms with Crippen molar-refractivity contribution < 1.29 is 76.2 Å². The summed E-state index contributed by atoms with van der Waals surface area (Å²) in [6.07, 6.45) is 5.15. The molecule has 0 unspecified atom stereocenters. The van der Waals surface area contributed by atoms with Crippen molar-refractivity contribution in [2.24, 2.45) is 17.8 Å². The normalized spacial score (nSPS) is 20.6. The van der Waals surface area contributed by atoms with Crippen LogP contribution >= 0.6 is 24.8 Å². The monoisotopic (exact) mass is 1570 g/mol. The molecule has 0 spiro atoms. The van der Waals surface area contributed by atoms with Crippen molar-refractivity contribution in [3.05, 3.63) is 189 Å². The Hall–Kier alpha value is -10.1. The van der Waals surface area contributed by atoms with Crippen molar-refractivity contribution >= 4 is 88.8 Å². The summed E-state index contributed by atoms with van der Waals surface area (Å²) in [4.78, 5) is 104. The summed E-state index contributed by atoms with van der Waals surface area (Å²) in [5.41, 5.74) is 9.38. The van der Waals surface area contributed by atoms with Crippen LogP contribution in [0.3, 0.4) is 0 Å². The highest BCUT2D eigenvalue weighted by molar-refractivity contribution is 5.93. The standard InChI is InChI=1S/C27H30FN5O4.C24H26FN5O4.C20H24FN3O5.C7H8N2.2ClH/c1-27(2)36-23(24(37-27)26(35)33-15-18-6-9-30-14-19(18)16-33)25(34)31-13-17-7-10-32(11-8-17)22-5-4-20(28)12-21(22)29-3;25-18-3-4-20(17(10-18)11-26)29-8-5-15(6-9-29)12-28-23(33)21(31)22(32)24(34)30-13-16-2-1-7-27-19(16)14-30;1-20(2)28-16(17(29-20)19(26)27)18(25)23-11-12-6-8-24(9-7-12)15-5-4-13(21)10-14(15)22-3;1-2-8-4-7-5-9-3-6(1)7;;/h4-6,9,12,14,17,23-24H,7-8,10-11,13,15-16H2,1-2H3,(H,31,34);1-4,7,10,15,21-22,31-32H,5-6,8-9,12-14H2,(H,28,33);4-5,10,12,16-17H,6-9,11H2,1-2H3,(H,23,25)(H,26,27);1-2,4,9H,3,5H2;2*1H/t23-,24-;21-,22-;16-,17-;;;/m111.../s1. The molecule has 6 atom stereocenters. The van der Waals surface area contributed by atoms with Gasteiger partial charge in [-0.05, 0) is 185 Å². The summed E-state index contributed by atoms with van der Waals surface area (Å²) in [5, 5.41) is 50.6. The van der Waals surface area contributed by atoms with Gasteiger partial charge in [-0.15, -0.1) is 24.8 Å². The molecule has 590 valence electrons. The van der Waals surface area contributed by atoms with Gasteiger partial charge in [0.05, 0.1) is 36.6 Å². The lowest BCUT2D eigenvalue weighted by atomic mass is 9.95. The molecule has 5 fully saturated rings. The maximum atomic E-state index is 13.5. The van der Waals surface area contributed by atoms with Crippen LogP contribution in [0, 0.1) is 59.7 Å². The number of benzene rings is 3. The number of carbonyl (C=O) groups is 6. The second kappa shape index (κ2) is 38.2. The quantitative estimate of drug-likeness (QED) is 0.0456. The van der Waals surface area contributed by atoms with Crippen LogP contribution in [-0.2, 0) is 87.0 Å². The summed E-state index contributed by atoms with van der Waals surface area (Å²) in [7, 11) is 0. The molecule has 11 heterocycles. The minimum absolute atomic E-state index is 0. The molecule has 14 rings (SSSR count). The molecular weight excluding hydrogens is 1480 g/mol. The van der Waals surface area contributed by atoms with E-state index in [4.69, 9.17) is 32.1 Å². The Morgan fingerprint density at radius 3 is 1.52 bits per heavy atom. The lowest BCUT2D eigenvalue weighted by Crippen LogP contribution is -2.50. The lowest BCUT2D eigenvalue weighted by molar-refractivity contribution is -0.166. The van der Waals surface area contributed by atoms with E-state index < -0.39 is 89.3 Å². The Kier molecular flexibility index (Phi) is 29.2. The SMILES string of the molecule is Cl.Cl.N#Cc1cc(F)ccc1N1CCC(CNC(=O)[C@H](O)[C@@H](O)C(=O)N2Cc3cccnc3C2)CC1.[C-]#[N+]c1cc(F)ccc1N1CCC(CNC(=O)[C@@H]2OC(C)(C)O[C@H]2C(=O)N2Cc3ccncc3C2)CC1.[C-]#[N+]c1cc(F)ccc1N1CCC(CNC(=O)[C@@H]2OC(C)(C)O[C@H]2C(=O)O)CC1.c1cc2c(cn1)CNC2. The number of hydrogen-bond acceptors (Lipinski definition) is 20. The Bertz CT molecular complexity index is 4380. The summed E-state index contributed by atoms with van der Waals surface area (Å²) < 4.78 is 62.7. The van der Waals surface area contributed by atoms with E-state index in [9.17, 15) is 62.5 Å². The number of amides is 5. The number of aliphatic hydroxyl groups excluding tert-OH is 2. The molecule has 5 saturated heterocycles. The highest BCUT2D eigenvalue weighted by Gasteiger charge is 2.52. The molecular formula is C78H90Cl2F3N15O13. The van der Waals surface area contributed by atoms with Crippen molar-refractivity contribution in [1.29, 1.82) is 5.26 Å². The number of aromatic nitrogens is 3. The zero-order chi connectivity index (χ0) is 77.7. The Morgan fingerprint density at radius 1 is 0.568 bits per heavy atom. The lowest BCUT2D eigenvalue weighted by Gasteiger charge is -2.34. The van der Waals surface area contributed by atoms with Crippen LogP contribution in [0.25, 0.3) is 9.69 Å². The number of aliphatic carboxylic acids is 1. The number of piperidine rings is 3. The minimum atomic E-state index is -1.87. The molecule has 0 saturated carbocycles. The zero-order valence-corrected chi connectivity index (χ0v) is 63.4. The first-order chi connectivity index (χ1) is 52.3. The summed E-state index contributed by atoms with van der Waals surface area (Å²) in [6.45, 7) is 29.7. The van der Waals surface area contributed by atoms with Gasteiger partial charge in [-0.2, -0.15) is 5.26 Å². The predicted molar refractivity (Wildman–Crippen MR) is 404 cm³/mol. The summed E-state index contributed by atoms with van der Waals surface area (Å²) in [6, 6.07) is 22.2. The number of nitriles is 1. The van der Waals surface area contributed by atoms with E-state index in [0.29, 0.717) is 82.5 Å². The number of rotatable bonds is 16. The third-order valence-corrected chi connectivity index (χ3v) is 20.4. The fraction of sp³-hybridized carbons (Fsp3) is 0.462. The van der Waals surface area contributed by atoms with Crippen molar-refractivity contribution in [3.8, 4) is 6.07 Å². The van der Waals surface area contributed by atoms with Gasteiger partial charge in [0.2, 0.25) is 11.4 Å². The smallest absolute Gasteiger partial charge is 0.336 e. The van der Waals surface area contributed by atoms with E-state index in [0.717, 1.165) is 79.7 Å². The van der Waals surface area contributed by atoms with Crippen LogP contribution in [0.5, 0.6) is 0 Å². The van der Waals surface area contributed by atoms with E-state index in [1.165, 1.54) is 52.4 Å². The second-order valence-corrected chi connectivity index (χ2v) is 28.9. The largest absolute Gasteiger partial charge is 0.479 e. The van der Waals surface area contributed by atoms with Crippen LogP contribution in [0.2, 0.25) is 0 Å². The number of pyridine rings is 3. The minimum Gasteiger partial charge on any atom is -0.479 e. The summed E-state index contributed by atoms with van der Waals surface area (Å²) in [5.74, 6) is -6.81. The van der Waals surface area contributed by atoms with Crippen LogP contribution in [0.4, 0.5) is 41.6 Å². The van der Waals surface area contributed by atoms with E-state index in [1.54, 1.807) is 75.5 Å². The van der Waals surface area contributed by atoms with Crippen molar-refractivity contribution in [2.75, 3.05) is 73.6 Å². The fourth-order valence-electron chi connectivity index (χ4n) is 14.5. The Morgan fingerprint density at radius 2 is 1.02 bits per heavy atom. The molecule has 8 aliphatic heterocycles. The van der Waals surface area contributed by atoms with Gasteiger partial charge in [0, 0.05) is 134 Å². The van der Waals surface area contributed by atoms with Gasteiger partial charge in [-0.25, -0.2) is 27.7 Å². The topological polar surface area (TPSA) is 336 Å².